The van der Waals surface area contributed by atoms with E-state index >= 15 is 0 Å². The third-order valence-corrected chi connectivity index (χ3v) is 5.08. The zero-order valence-corrected chi connectivity index (χ0v) is 11.5. The Morgan fingerprint density at radius 2 is 1.46 bits per heavy atom. The molecule has 1 saturated heterocycles. The Morgan fingerprint density at radius 1 is 0.875 bits per heavy atom. The number of fused-ring (bicyclic) bond motifs is 1. The van der Waals surface area contributed by atoms with E-state index in [4.69, 9.17) is 0 Å². The van der Waals surface area contributed by atoms with Crippen LogP contribution in [0.2, 0.25) is 0 Å². The molecule has 24 heavy (non-hydrogen) atoms. The van der Waals surface area contributed by atoms with Crippen molar-refractivity contribution in [2.24, 2.45) is 5.92 Å². The molecule has 12 heteroatoms. The van der Waals surface area contributed by atoms with E-state index in [0.717, 1.165) is 0 Å². The highest BCUT2D eigenvalue weighted by Gasteiger charge is 2.92. The second kappa shape index (κ2) is 4.24. The van der Waals surface area contributed by atoms with E-state index < -0.39 is 53.6 Å². The maximum atomic E-state index is 14.4. The number of carbonyl (C=O) groups excluding carboxylic acids is 1. The van der Waals surface area contributed by atoms with Gasteiger partial charge < -0.3 is 9.47 Å². The van der Waals surface area contributed by atoms with E-state index in [-0.39, 0.29) is 19.3 Å². The van der Waals surface area contributed by atoms with Gasteiger partial charge in [0.2, 0.25) is 5.60 Å². The first kappa shape index (κ1) is 17.5. The molecule has 2 saturated carbocycles. The fraction of sp³-hybridized carbons (Fsp3) is 0.917. The van der Waals surface area contributed by atoms with Crippen molar-refractivity contribution in [2.45, 2.75) is 60.8 Å². The zero-order chi connectivity index (χ0) is 18.4. The second-order valence-corrected chi connectivity index (χ2v) is 6.31. The minimum atomic E-state index is -7.03. The van der Waals surface area contributed by atoms with E-state index in [1.807, 2.05) is 0 Å². The Morgan fingerprint density at radius 3 is 1.96 bits per heavy atom. The molecular weight excluding hydrogens is 363 g/mol. The van der Waals surface area contributed by atoms with Crippen LogP contribution in [-0.4, -0.2) is 41.3 Å². The molecule has 0 aromatic carbocycles. The Kier molecular flexibility index (Phi) is 3.08. The molecule has 3 aliphatic rings. The van der Waals surface area contributed by atoms with Gasteiger partial charge in [0.05, 0.1) is 0 Å². The Balaban J connectivity index is 2.12. The summed E-state index contributed by atoms with van der Waals surface area (Å²) >= 11 is 0. The van der Waals surface area contributed by atoms with Crippen LogP contribution in [0.25, 0.3) is 0 Å². The molecule has 0 N–H and O–H groups in total. The molecular formula is C12H9F9O3. The minimum absolute atomic E-state index is 0.176. The van der Waals surface area contributed by atoms with Gasteiger partial charge in [0, 0.05) is 6.42 Å². The molecule has 3 atom stereocenters. The lowest BCUT2D eigenvalue weighted by Crippen LogP contribution is -2.72. The molecule has 1 spiro atoms. The number of alkyl halides is 9. The highest BCUT2D eigenvalue weighted by Crippen LogP contribution is 2.69. The second-order valence-electron chi connectivity index (χ2n) is 6.31. The van der Waals surface area contributed by atoms with Crippen molar-refractivity contribution < 1.29 is 53.8 Å². The van der Waals surface area contributed by atoms with Crippen molar-refractivity contribution in [3.63, 3.8) is 0 Å². The van der Waals surface area contributed by atoms with Gasteiger partial charge in [-0.1, -0.05) is 0 Å². The first-order valence-electron chi connectivity index (χ1n) is 6.76. The van der Waals surface area contributed by atoms with Gasteiger partial charge in [0.1, 0.15) is 0 Å². The first-order chi connectivity index (χ1) is 10.6. The lowest BCUT2D eigenvalue weighted by molar-refractivity contribution is -0.419. The molecule has 0 amide bonds. The van der Waals surface area contributed by atoms with Crippen LogP contribution >= 0.6 is 0 Å². The van der Waals surface area contributed by atoms with Crippen molar-refractivity contribution >= 4 is 6.16 Å². The summed E-state index contributed by atoms with van der Waals surface area (Å²) in [5.74, 6) is -20.6. The molecule has 3 rings (SSSR count). The number of hydrogen-bond donors (Lipinski definition) is 0. The molecule has 2 bridgehead atoms. The van der Waals surface area contributed by atoms with Crippen LogP contribution in [-0.2, 0) is 9.47 Å². The summed E-state index contributed by atoms with van der Waals surface area (Å²) in [4.78, 5) is 11.2. The summed E-state index contributed by atoms with van der Waals surface area (Å²) in [5.41, 5.74) is -5.89. The summed E-state index contributed by atoms with van der Waals surface area (Å²) < 4.78 is 128. The van der Waals surface area contributed by atoms with Gasteiger partial charge in [-0.05, 0) is 25.2 Å². The predicted octanol–water partition coefficient (Wildman–Crippen LogP) is 4.30. The maximum Gasteiger partial charge on any atom is 0.509 e. The van der Waals surface area contributed by atoms with Crippen LogP contribution in [0.15, 0.2) is 0 Å². The minimum Gasteiger partial charge on any atom is -0.423 e. The Bertz CT molecular complexity index is 587. The normalized spacial score (nSPS) is 36.5. The smallest absolute Gasteiger partial charge is 0.423 e. The van der Waals surface area contributed by atoms with E-state index in [1.165, 1.54) is 0 Å². The molecule has 2 aliphatic carbocycles. The monoisotopic (exact) mass is 372 g/mol. The topological polar surface area (TPSA) is 35.5 Å². The summed E-state index contributed by atoms with van der Waals surface area (Å²) in [7, 11) is 0. The van der Waals surface area contributed by atoms with Gasteiger partial charge in [-0.3, -0.25) is 0 Å². The van der Waals surface area contributed by atoms with Crippen molar-refractivity contribution in [1.29, 1.82) is 0 Å². The number of carbonyl (C=O) groups is 1. The van der Waals surface area contributed by atoms with E-state index in [9.17, 15) is 44.3 Å². The SMILES string of the molecule is O=C1OC23CCC(C2)CC3(C(F)(F)C(F)(F)C(F)(F)C(F)(F)F)O1. The van der Waals surface area contributed by atoms with Crippen molar-refractivity contribution in [1.82, 2.24) is 0 Å². The van der Waals surface area contributed by atoms with Crippen molar-refractivity contribution in [3.05, 3.63) is 0 Å². The fourth-order valence-corrected chi connectivity index (χ4v) is 3.98. The number of hydrogen-bond acceptors (Lipinski definition) is 3. The van der Waals surface area contributed by atoms with Crippen LogP contribution in [0.1, 0.15) is 25.7 Å². The van der Waals surface area contributed by atoms with Crippen LogP contribution < -0.4 is 0 Å². The van der Waals surface area contributed by atoms with E-state index in [1.54, 1.807) is 0 Å². The van der Waals surface area contributed by atoms with Crippen LogP contribution in [0.5, 0.6) is 0 Å². The fourth-order valence-electron chi connectivity index (χ4n) is 3.98. The molecule has 3 nitrogen and oxygen atoms in total. The average molecular weight is 372 g/mol. The van der Waals surface area contributed by atoms with Gasteiger partial charge >= 0.3 is 30.1 Å². The van der Waals surface area contributed by atoms with Crippen molar-refractivity contribution in [2.75, 3.05) is 0 Å². The average Bonchev–Trinajstić information content (AvgIpc) is 3.00. The highest BCUT2D eigenvalue weighted by molar-refractivity contribution is 5.66. The third-order valence-electron chi connectivity index (χ3n) is 5.08. The summed E-state index contributed by atoms with van der Waals surface area (Å²) in [6.07, 6.45) is -10.3. The van der Waals surface area contributed by atoms with Gasteiger partial charge in [0.15, 0.2) is 5.60 Å². The molecule has 3 fully saturated rings. The standard InChI is InChI=1S/C12H9F9O3/c13-9(14,10(15,16)11(17,18)12(19,20)21)8-4-5-1-2-7(8,3-5)23-6(22)24-8/h5H,1-4H2. The summed E-state index contributed by atoms with van der Waals surface area (Å²) in [6.45, 7) is 0. The molecule has 0 radical (unpaired) electrons. The van der Waals surface area contributed by atoms with Crippen molar-refractivity contribution in [3.8, 4) is 0 Å². The van der Waals surface area contributed by atoms with Crippen LogP contribution in [0.3, 0.4) is 0 Å². The maximum absolute atomic E-state index is 14.4. The van der Waals surface area contributed by atoms with E-state index in [0.29, 0.717) is 0 Å². The number of rotatable bonds is 3. The van der Waals surface area contributed by atoms with Crippen LogP contribution in [0.4, 0.5) is 44.3 Å². The molecule has 0 aromatic rings. The lowest BCUT2D eigenvalue weighted by Gasteiger charge is -2.45. The molecule has 3 unspecified atom stereocenters. The van der Waals surface area contributed by atoms with Crippen LogP contribution in [0, 0.1) is 5.92 Å². The van der Waals surface area contributed by atoms with Gasteiger partial charge in [-0.25, -0.2) is 4.79 Å². The molecule has 0 aromatic heterocycles. The number of halogens is 9. The Labute approximate surface area is 128 Å². The molecule has 138 valence electrons. The predicted molar refractivity (Wildman–Crippen MR) is 55.9 cm³/mol. The van der Waals surface area contributed by atoms with Gasteiger partial charge in [-0.2, -0.15) is 39.5 Å². The summed E-state index contributed by atoms with van der Waals surface area (Å²) in [6, 6.07) is 0. The van der Waals surface area contributed by atoms with Gasteiger partial charge in [-0.15, -0.1) is 0 Å². The molecule has 1 heterocycles. The van der Waals surface area contributed by atoms with E-state index in [2.05, 4.69) is 9.47 Å². The summed E-state index contributed by atoms with van der Waals surface area (Å²) in [5, 5.41) is 0. The van der Waals surface area contributed by atoms with Gasteiger partial charge in [0.25, 0.3) is 0 Å². The zero-order valence-electron chi connectivity index (χ0n) is 11.5. The Hall–Kier alpha value is -1.36. The first-order valence-corrected chi connectivity index (χ1v) is 6.76. The largest absolute Gasteiger partial charge is 0.509 e. The third kappa shape index (κ3) is 1.64. The number of ether oxygens (including phenoxy) is 2. The highest BCUT2D eigenvalue weighted by atomic mass is 19.4. The lowest BCUT2D eigenvalue weighted by atomic mass is 9.73. The molecule has 1 aliphatic heterocycles. The quantitative estimate of drug-likeness (QED) is 0.547.